The molecule has 1 aromatic carbocycles. The van der Waals surface area contributed by atoms with Gasteiger partial charge in [-0.3, -0.25) is 9.59 Å². The van der Waals surface area contributed by atoms with E-state index in [2.05, 4.69) is 15.9 Å². The van der Waals surface area contributed by atoms with E-state index in [0.29, 0.717) is 16.6 Å². The SMILES string of the molecule is CCCN1C(=O)CCC(C(=O)O)C1c1ccc(Br)c(F)c1. The number of carboxylic acid groups (broad SMARTS) is 1. The van der Waals surface area contributed by atoms with Crippen molar-refractivity contribution in [2.24, 2.45) is 5.92 Å². The molecule has 2 unspecified atom stereocenters. The van der Waals surface area contributed by atoms with Crippen LogP contribution in [0.15, 0.2) is 22.7 Å². The monoisotopic (exact) mass is 357 g/mol. The van der Waals surface area contributed by atoms with Gasteiger partial charge in [0.2, 0.25) is 5.91 Å². The molecule has 0 radical (unpaired) electrons. The van der Waals surface area contributed by atoms with Gasteiger partial charge in [-0.05, 0) is 46.5 Å². The van der Waals surface area contributed by atoms with Crippen molar-refractivity contribution in [2.45, 2.75) is 32.2 Å². The number of nitrogens with zero attached hydrogens (tertiary/aromatic N) is 1. The van der Waals surface area contributed by atoms with E-state index in [9.17, 15) is 19.1 Å². The van der Waals surface area contributed by atoms with Gasteiger partial charge in [-0.25, -0.2) is 4.39 Å². The van der Waals surface area contributed by atoms with Crippen LogP contribution < -0.4 is 0 Å². The summed E-state index contributed by atoms with van der Waals surface area (Å²) >= 11 is 3.08. The standard InChI is InChI=1S/C15H17BrFNO3/c1-2-7-18-13(19)6-4-10(15(20)21)14(18)9-3-5-11(16)12(17)8-9/h3,5,8,10,14H,2,4,6-7H2,1H3,(H,20,21). The number of amides is 1. The van der Waals surface area contributed by atoms with Crippen molar-refractivity contribution in [3.8, 4) is 0 Å². The smallest absolute Gasteiger partial charge is 0.308 e. The molecule has 1 aliphatic rings. The Hall–Kier alpha value is -1.43. The Morgan fingerprint density at radius 2 is 2.24 bits per heavy atom. The van der Waals surface area contributed by atoms with E-state index in [1.165, 1.54) is 6.07 Å². The van der Waals surface area contributed by atoms with Crippen LogP contribution >= 0.6 is 15.9 Å². The minimum Gasteiger partial charge on any atom is -0.481 e. The Morgan fingerprint density at radius 1 is 1.52 bits per heavy atom. The Morgan fingerprint density at radius 3 is 2.81 bits per heavy atom. The van der Waals surface area contributed by atoms with E-state index in [-0.39, 0.29) is 18.7 Å². The molecule has 1 N–H and O–H groups in total. The fourth-order valence-electron chi connectivity index (χ4n) is 2.82. The van der Waals surface area contributed by atoms with E-state index in [1.54, 1.807) is 17.0 Å². The first-order valence-corrected chi connectivity index (χ1v) is 7.72. The minimum atomic E-state index is -0.947. The highest BCUT2D eigenvalue weighted by Gasteiger charge is 2.40. The molecule has 6 heteroatoms. The largest absolute Gasteiger partial charge is 0.481 e. The van der Waals surface area contributed by atoms with Crippen molar-refractivity contribution in [3.05, 3.63) is 34.1 Å². The van der Waals surface area contributed by atoms with Crippen LogP contribution in [0.25, 0.3) is 0 Å². The Bertz CT molecular complexity index is 564. The summed E-state index contributed by atoms with van der Waals surface area (Å²) in [5, 5.41) is 9.43. The van der Waals surface area contributed by atoms with Gasteiger partial charge in [-0.2, -0.15) is 0 Å². The van der Waals surface area contributed by atoms with E-state index in [1.807, 2.05) is 6.92 Å². The van der Waals surface area contributed by atoms with Gasteiger partial charge in [0.25, 0.3) is 0 Å². The topological polar surface area (TPSA) is 57.6 Å². The number of carboxylic acids is 1. The first-order valence-electron chi connectivity index (χ1n) is 6.93. The minimum absolute atomic E-state index is 0.0670. The summed E-state index contributed by atoms with van der Waals surface area (Å²) in [4.78, 5) is 25.2. The number of piperidine rings is 1. The summed E-state index contributed by atoms with van der Waals surface area (Å²) in [5.41, 5.74) is 0.532. The van der Waals surface area contributed by atoms with Gasteiger partial charge in [0, 0.05) is 13.0 Å². The maximum Gasteiger partial charge on any atom is 0.308 e. The molecule has 1 amide bonds. The van der Waals surface area contributed by atoms with Crippen LogP contribution in [-0.2, 0) is 9.59 Å². The third kappa shape index (κ3) is 3.26. The molecule has 21 heavy (non-hydrogen) atoms. The summed E-state index contributed by atoms with van der Waals surface area (Å²) in [6.45, 7) is 2.40. The van der Waals surface area contributed by atoms with E-state index < -0.39 is 23.7 Å². The summed E-state index contributed by atoms with van der Waals surface area (Å²) in [6.07, 6.45) is 1.25. The van der Waals surface area contributed by atoms with Gasteiger partial charge in [0.05, 0.1) is 16.4 Å². The Labute approximate surface area is 131 Å². The molecule has 4 nitrogen and oxygen atoms in total. The van der Waals surface area contributed by atoms with Crippen LogP contribution in [0, 0.1) is 11.7 Å². The molecular formula is C15H17BrFNO3. The van der Waals surface area contributed by atoms with Crippen molar-refractivity contribution in [3.63, 3.8) is 0 Å². The van der Waals surface area contributed by atoms with Gasteiger partial charge < -0.3 is 10.0 Å². The van der Waals surface area contributed by atoms with Crippen LogP contribution in [0.2, 0.25) is 0 Å². The molecule has 1 fully saturated rings. The lowest BCUT2D eigenvalue weighted by Gasteiger charge is -2.39. The first kappa shape index (κ1) is 15.9. The molecular weight excluding hydrogens is 341 g/mol. The van der Waals surface area contributed by atoms with Crippen LogP contribution in [-0.4, -0.2) is 28.4 Å². The quantitative estimate of drug-likeness (QED) is 0.898. The van der Waals surface area contributed by atoms with Gasteiger partial charge in [0.1, 0.15) is 5.82 Å². The Kier molecular flexibility index (Phi) is 4.98. The molecule has 1 aromatic rings. The lowest BCUT2D eigenvalue weighted by Crippen LogP contribution is -2.45. The number of halogens is 2. The second kappa shape index (κ2) is 6.56. The molecule has 0 aromatic heterocycles. The molecule has 1 heterocycles. The lowest BCUT2D eigenvalue weighted by molar-refractivity contribution is -0.152. The van der Waals surface area contributed by atoms with Crippen molar-refractivity contribution in [2.75, 3.05) is 6.54 Å². The maximum atomic E-state index is 13.8. The van der Waals surface area contributed by atoms with Gasteiger partial charge in [-0.1, -0.05) is 13.0 Å². The fraction of sp³-hybridized carbons (Fsp3) is 0.467. The zero-order valence-corrected chi connectivity index (χ0v) is 13.3. The molecule has 114 valence electrons. The highest BCUT2D eigenvalue weighted by molar-refractivity contribution is 9.10. The number of aliphatic carboxylic acids is 1. The zero-order chi connectivity index (χ0) is 15.6. The van der Waals surface area contributed by atoms with Crippen LogP contribution in [0.4, 0.5) is 4.39 Å². The molecule has 0 aliphatic carbocycles. The van der Waals surface area contributed by atoms with Gasteiger partial charge >= 0.3 is 5.97 Å². The number of benzene rings is 1. The number of carbonyl (C=O) groups is 2. The second-order valence-corrected chi connectivity index (χ2v) is 6.04. The number of rotatable bonds is 4. The average Bonchev–Trinajstić information content (AvgIpc) is 2.44. The zero-order valence-electron chi connectivity index (χ0n) is 11.7. The lowest BCUT2D eigenvalue weighted by atomic mass is 9.84. The molecule has 0 bridgehead atoms. The molecule has 2 rings (SSSR count). The normalized spacial score (nSPS) is 22.4. The summed E-state index contributed by atoms with van der Waals surface area (Å²) in [5.74, 6) is -2.17. The van der Waals surface area contributed by atoms with Crippen molar-refractivity contribution in [1.82, 2.24) is 4.90 Å². The molecule has 1 aliphatic heterocycles. The summed E-state index contributed by atoms with van der Waals surface area (Å²) in [6, 6.07) is 3.93. The van der Waals surface area contributed by atoms with Crippen LogP contribution in [0.5, 0.6) is 0 Å². The van der Waals surface area contributed by atoms with Gasteiger partial charge in [-0.15, -0.1) is 0 Å². The molecule has 0 saturated carbocycles. The number of likely N-dealkylation sites (tertiary alicyclic amines) is 1. The van der Waals surface area contributed by atoms with Crippen LogP contribution in [0.3, 0.4) is 0 Å². The predicted molar refractivity (Wildman–Crippen MR) is 79.2 cm³/mol. The molecule has 0 spiro atoms. The van der Waals surface area contributed by atoms with Crippen molar-refractivity contribution >= 4 is 27.8 Å². The fourth-order valence-corrected chi connectivity index (χ4v) is 3.07. The van der Waals surface area contributed by atoms with Crippen molar-refractivity contribution < 1.29 is 19.1 Å². The maximum absolute atomic E-state index is 13.8. The molecule has 2 atom stereocenters. The van der Waals surface area contributed by atoms with E-state index >= 15 is 0 Å². The Balaban J connectivity index is 2.45. The average molecular weight is 358 g/mol. The highest BCUT2D eigenvalue weighted by atomic mass is 79.9. The second-order valence-electron chi connectivity index (χ2n) is 5.19. The number of hydrogen-bond donors (Lipinski definition) is 1. The summed E-state index contributed by atoms with van der Waals surface area (Å²) < 4.78 is 14.1. The predicted octanol–water partition coefficient (Wildman–Crippen LogP) is 3.36. The third-order valence-electron chi connectivity index (χ3n) is 3.77. The third-order valence-corrected chi connectivity index (χ3v) is 4.42. The highest BCUT2D eigenvalue weighted by Crippen LogP contribution is 2.37. The molecule has 1 saturated heterocycles. The van der Waals surface area contributed by atoms with E-state index in [4.69, 9.17) is 0 Å². The number of carbonyl (C=O) groups excluding carboxylic acids is 1. The van der Waals surface area contributed by atoms with Crippen LogP contribution in [0.1, 0.15) is 37.8 Å². The van der Waals surface area contributed by atoms with E-state index in [0.717, 1.165) is 6.42 Å². The van der Waals surface area contributed by atoms with Gasteiger partial charge in [0.15, 0.2) is 0 Å². The number of hydrogen-bond acceptors (Lipinski definition) is 2. The van der Waals surface area contributed by atoms with Crippen molar-refractivity contribution in [1.29, 1.82) is 0 Å². The summed E-state index contributed by atoms with van der Waals surface area (Å²) in [7, 11) is 0. The first-order chi connectivity index (χ1) is 9.95.